The first-order valence-electron chi connectivity index (χ1n) is 8.06. The highest BCUT2D eigenvalue weighted by Gasteiger charge is 2.37. The van der Waals surface area contributed by atoms with Gasteiger partial charge in [-0.1, -0.05) is 18.2 Å². The molecule has 5 heteroatoms. The van der Waals surface area contributed by atoms with Crippen LogP contribution in [0.4, 0.5) is 0 Å². The predicted molar refractivity (Wildman–Crippen MR) is 88.2 cm³/mol. The van der Waals surface area contributed by atoms with Crippen molar-refractivity contribution in [3.05, 3.63) is 36.0 Å². The lowest BCUT2D eigenvalue weighted by Gasteiger charge is -2.26. The molecule has 5 nitrogen and oxygen atoms in total. The van der Waals surface area contributed by atoms with E-state index in [0.29, 0.717) is 12.8 Å². The Morgan fingerprint density at radius 2 is 2.04 bits per heavy atom. The number of benzene rings is 1. The van der Waals surface area contributed by atoms with Crippen molar-refractivity contribution in [1.29, 1.82) is 0 Å². The van der Waals surface area contributed by atoms with Gasteiger partial charge in [0.1, 0.15) is 6.04 Å². The summed E-state index contributed by atoms with van der Waals surface area (Å²) in [4.78, 5) is 25.3. The minimum absolute atomic E-state index is 0.0599. The summed E-state index contributed by atoms with van der Waals surface area (Å²) in [5.74, 6) is -0.995. The number of carboxylic acids is 1. The number of hydrogen-bond acceptors (Lipinski definition) is 2. The van der Waals surface area contributed by atoms with Crippen LogP contribution in [0.3, 0.4) is 0 Å². The minimum Gasteiger partial charge on any atom is -0.480 e. The van der Waals surface area contributed by atoms with Crippen LogP contribution in [0.25, 0.3) is 10.9 Å². The number of hydrogen-bond donors (Lipinski definition) is 1. The lowest BCUT2D eigenvalue weighted by Crippen LogP contribution is -2.44. The zero-order valence-corrected chi connectivity index (χ0v) is 13.5. The lowest BCUT2D eigenvalue weighted by atomic mass is 10.1. The van der Waals surface area contributed by atoms with E-state index in [-0.39, 0.29) is 11.9 Å². The second-order valence-corrected chi connectivity index (χ2v) is 6.33. The Morgan fingerprint density at radius 3 is 2.70 bits per heavy atom. The summed E-state index contributed by atoms with van der Waals surface area (Å²) in [5.41, 5.74) is 2.28. The van der Waals surface area contributed by atoms with Crippen LogP contribution in [0.1, 0.15) is 31.7 Å². The van der Waals surface area contributed by atoms with Crippen molar-refractivity contribution in [2.24, 2.45) is 7.05 Å². The third-order valence-electron chi connectivity index (χ3n) is 4.59. The summed E-state index contributed by atoms with van der Waals surface area (Å²) >= 11 is 0. The molecule has 1 amide bonds. The highest BCUT2D eigenvalue weighted by molar-refractivity contribution is 5.86. The van der Waals surface area contributed by atoms with Gasteiger partial charge < -0.3 is 14.6 Å². The Balaban J connectivity index is 1.73. The third kappa shape index (κ3) is 3.09. The van der Waals surface area contributed by atoms with Gasteiger partial charge in [0.05, 0.1) is 0 Å². The zero-order chi connectivity index (χ0) is 16.6. The summed E-state index contributed by atoms with van der Waals surface area (Å²) in [6, 6.07) is 7.48. The van der Waals surface area contributed by atoms with Crippen LogP contribution in [-0.2, 0) is 23.1 Å². The van der Waals surface area contributed by atoms with Gasteiger partial charge in [-0.05, 0) is 37.8 Å². The molecule has 0 aliphatic heterocycles. The molecule has 0 saturated heterocycles. The second kappa shape index (κ2) is 6.07. The van der Waals surface area contributed by atoms with Crippen LogP contribution in [0.15, 0.2) is 30.5 Å². The van der Waals surface area contributed by atoms with Gasteiger partial charge >= 0.3 is 5.97 Å². The number of rotatable bonds is 6. The highest BCUT2D eigenvalue weighted by atomic mass is 16.4. The number of amides is 1. The molecule has 0 bridgehead atoms. The number of nitrogens with zero attached hydrogens (tertiary/aromatic N) is 2. The standard InChI is InChI=1S/C18H22N2O3/c1-12(18(22)23)20(14-8-9-14)17(21)10-7-13-11-19(2)16-6-4-3-5-15(13)16/h3-6,11-12,14H,7-10H2,1-2H3,(H,22,23). The molecule has 0 spiro atoms. The van der Waals surface area contributed by atoms with Crippen LogP contribution < -0.4 is 0 Å². The molecule has 0 radical (unpaired) electrons. The molecule has 1 unspecified atom stereocenters. The number of carbonyl (C=O) groups excluding carboxylic acids is 1. The Morgan fingerprint density at radius 1 is 1.35 bits per heavy atom. The SMILES string of the molecule is CC(C(=O)O)N(C(=O)CCc1cn(C)c2ccccc12)C1CC1. The van der Waals surface area contributed by atoms with Crippen LogP contribution in [-0.4, -0.2) is 38.5 Å². The van der Waals surface area contributed by atoms with E-state index in [9.17, 15) is 14.7 Å². The van der Waals surface area contributed by atoms with Crippen molar-refractivity contribution in [3.8, 4) is 0 Å². The molecule has 1 aromatic carbocycles. The summed E-state index contributed by atoms with van der Waals surface area (Å²) in [6.45, 7) is 1.59. The van der Waals surface area contributed by atoms with E-state index in [1.807, 2.05) is 19.2 Å². The van der Waals surface area contributed by atoms with E-state index in [1.54, 1.807) is 11.8 Å². The number of carbonyl (C=O) groups is 2. The first-order valence-corrected chi connectivity index (χ1v) is 8.06. The van der Waals surface area contributed by atoms with Gasteiger partial charge in [0.25, 0.3) is 0 Å². The molecule has 1 saturated carbocycles. The molecule has 1 atom stereocenters. The maximum atomic E-state index is 12.5. The molecule has 1 aromatic heterocycles. The number of aryl methyl sites for hydroxylation is 2. The highest BCUT2D eigenvalue weighted by Crippen LogP contribution is 2.30. The Bertz CT molecular complexity index is 746. The van der Waals surface area contributed by atoms with E-state index in [4.69, 9.17) is 0 Å². The topological polar surface area (TPSA) is 62.5 Å². The van der Waals surface area contributed by atoms with Crippen molar-refractivity contribution in [1.82, 2.24) is 9.47 Å². The van der Waals surface area contributed by atoms with E-state index in [2.05, 4.69) is 22.9 Å². The van der Waals surface area contributed by atoms with Crippen LogP contribution in [0.2, 0.25) is 0 Å². The van der Waals surface area contributed by atoms with E-state index in [0.717, 1.165) is 29.3 Å². The second-order valence-electron chi connectivity index (χ2n) is 6.33. The van der Waals surface area contributed by atoms with Crippen molar-refractivity contribution < 1.29 is 14.7 Å². The number of aliphatic carboxylic acids is 1. The molecule has 1 aliphatic carbocycles. The number of fused-ring (bicyclic) bond motifs is 1. The molecule has 1 heterocycles. The maximum absolute atomic E-state index is 12.5. The smallest absolute Gasteiger partial charge is 0.326 e. The van der Waals surface area contributed by atoms with Crippen LogP contribution >= 0.6 is 0 Å². The predicted octanol–water partition coefficient (Wildman–Crippen LogP) is 2.58. The lowest BCUT2D eigenvalue weighted by molar-refractivity contribution is -0.150. The molecular weight excluding hydrogens is 292 g/mol. The average molecular weight is 314 g/mol. The molecule has 1 aliphatic rings. The van der Waals surface area contributed by atoms with Crippen molar-refractivity contribution in [2.45, 2.75) is 44.7 Å². The third-order valence-corrected chi connectivity index (χ3v) is 4.59. The largest absolute Gasteiger partial charge is 0.480 e. The van der Waals surface area contributed by atoms with Gasteiger partial charge in [0.15, 0.2) is 0 Å². The first-order chi connectivity index (χ1) is 11.0. The average Bonchev–Trinajstić information content (AvgIpc) is 3.30. The van der Waals surface area contributed by atoms with Gasteiger partial charge in [0, 0.05) is 36.6 Å². The molecular formula is C18H22N2O3. The van der Waals surface area contributed by atoms with Crippen molar-refractivity contribution in [2.75, 3.05) is 0 Å². The van der Waals surface area contributed by atoms with Crippen molar-refractivity contribution in [3.63, 3.8) is 0 Å². The fourth-order valence-electron chi connectivity index (χ4n) is 3.20. The van der Waals surface area contributed by atoms with Gasteiger partial charge in [-0.15, -0.1) is 0 Å². The maximum Gasteiger partial charge on any atom is 0.326 e. The molecule has 3 rings (SSSR count). The summed E-state index contributed by atoms with van der Waals surface area (Å²) in [5, 5.41) is 10.4. The summed E-state index contributed by atoms with van der Waals surface area (Å²) in [6.07, 6.45) is 4.87. The molecule has 122 valence electrons. The molecule has 1 fully saturated rings. The number of carboxylic acid groups (broad SMARTS) is 1. The van der Waals surface area contributed by atoms with Crippen LogP contribution in [0.5, 0.6) is 0 Å². The quantitative estimate of drug-likeness (QED) is 0.891. The summed E-state index contributed by atoms with van der Waals surface area (Å²) in [7, 11) is 2.00. The van der Waals surface area contributed by atoms with Gasteiger partial charge in [-0.25, -0.2) is 4.79 Å². The van der Waals surface area contributed by atoms with Crippen molar-refractivity contribution >= 4 is 22.8 Å². The molecule has 2 aromatic rings. The fraction of sp³-hybridized carbons (Fsp3) is 0.444. The van der Waals surface area contributed by atoms with E-state index in [1.165, 1.54) is 0 Å². The summed E-state index contributed by atoms with van der Waals surface area (Å²) < 4.78 is 2.06. The minimum atomic E-state index is -0.935. The number of para-hydroxylation sites is 1. The van der Waals surface area contributed by atoms with Gasteiger partial charge in [0.2, 0.25) is 5.91 Å². The van der Waals surface area contributed by atoms with E-state index >= 15 is 0 Å². The zero-order valence-electron chi connectivity index (χ0n) is 13.5. The van der Waals surface area contributed by atoms with Gasteiger partial charge in [-0.2, -0.15) is 0 Å². The first kappa shape index (κ1) is 15.6. The normalized spacial score (nSPS) is 15.6. The monoisotopic (exact) mass is 314 g/mol. The molecule has 1 N–H and O–H groups in total. The number of aromatic nitrogens is 1. The fourth-order valence-corrected chi connectivity index (χ4v) is 3.20. The van der Waals surface area contributed by atoms with Crippen LogP contribution in [0, 0.1) is 0 Å². The Hall–Kier alpha value is -2.30. The van der Waals surface area contributed by atoms with E-state index < -0.39 is 12.0 Å². The van der Waals surface area contributed by atoms with Gasteiger partial charge in [-0.3, -0.25) is 4.79 Å². The molecule has 23 heavy (non-hydrogen) atoms. The Kier molecular flexibility index (Phi) is 4.11. The Labute approximate surface area is 135 Å².